The summed E-state index contributed by atoms with van der Waals surface area (Å²) in [5.74, 6) is 0.180. The predicted molar refractivity (Wildman–Crippen MR) is 99.0 cm³/mol. The fourth-order valence-corrected chi connectivity index (χ4v) is 3.84. The molecule has 128 valence electrons. The predicted octanol–water partition coefficient (Wildman–Crippen LogP) is 3.03. The van der Waals surface area contributed by atoms with E-state index < -0.39 is 10.0 Å². The monoisotopic (exact) mass is 393 g/mol. The minimum atomic E-state index is -3.70. The molecule has 3 aromatic rings. The van der Waals surface area contributed by atoms with Crippen molar-refractivity contribution in [1.29, 1.82) is 0 Å². The number of thiazole rings is 1. The van der Waals surface area contributed by atoms with Gasteiger partial charge in [0.1, 0.15) is 11.5 Å². The maximum Gasteiger partial charge on any atom is 0.263 e. The van der Waals surface area contributed by atoms with Crippen LogP contribution in [0.2, 0.25) is 5.02 Å². The van der Waals surface area contributed by atoms with Gasteiger partial charge in [0, 0.05) is 22.8 Å². The Balaban J connectivity index is 1.81. The van der Waals surface area contributed by atoms with Crippen molar-refractivity contribution in [3.63, 3.8) is 0 Å². The number of halogens is 1. The van der Waals surface area contributed by atoms with E-state index in [1.165, 1.54) is 35.9 Å². The van der Waals surface area contributed by atoms with Crippen LogP contribution in [-0.4, -0.2) is 24.2 Å². The van der Waals surface area contributed by atoms with E-state index in [0.717, 1.165) is 0 Å². The van der Waals surface area contributed by atoms with E-state index >= 15 is 0 Å². The van der Waals surface area contributed by atoms with Crippen molar-refractivity contribution in [2.75, 3.05) is 4.72 Å². The molecule has 3 N–H and O–H groups in total. The molecule has 1 aromatic carbocycles. The van der Waals surface area contributed by atoms with Crippen LogP contribution in [0.5, 0.6) is 0 Å². The molecule has 2 heterocycles. The van der Waals surface area contributed by atoms with E-state index in [0.29, 0.717) is 21.5 Å². The number of nitrogens with two attached hydrogens (primary N) is 1. The average Bonchev–Trinajstić information content (AvgIpc) is 3.07. The largest absolute Gasteiger partial charge is 0.382 e. The highest BCUT2D eigenvalue weighted by atomic mass is 35.5. The third-order valence-electron chi connectivity index (χ3n) is 3.03. The third-order valence-corrected chi connectivity index (χ3v) is 5.44. The first-order valence-corrected chi connectivity index (χ1v) is 9.66. The van der Waals surface area contributed by atoms with Gasteiger partial charge >= 0.3 is 0 Å². The first-order valence-electron chi connectivity index (χ1n) is 6.92. The van der Waals surface area contributed by atoms with Crippen LogP contribution in [0, 0.1) is 0 Å². The lowest BCUT2D eigenvalue weighted by molar-refractivity contribution is 0.601. The van der Waals surface area contributed by atoms with Gasteiger partial charge in [0.05, 0.1) is 10.6 Å². The van der Waals surface area contributed by atoms with E-state index in [-0.39, 0.29) is 10.7 Å². The molecule has 10 heteroatoms. The number of anilines is 1. The van der Waals surface area contributed by atoms with Gasteiger partial charge in [0.2, 0.25) is 0 Å². The number of sulfonamides is 1. The summed E-state index contributed by atoms with van der Waals surface area (Å²) in [7, 11) is -3.70. The maximum absolute atomic E-state index is 12.3. The lowest BCUT2D eigenvalue weighted by Gasteiger charge is -2.05. The normalized spacial score (nSPS) is 12.1. The van der Waals surface area contributed by atoms with Crippen LogP contribution in [0.25, 0.3) is 0 Å². The minimum absolute atomic E-state index is 0.0982. The second kappa shape index (κ2) is 7.18. The van der Waals surface area contributed by atoms with Crippen molar-refractivity contribution in [3.8, 4) is 0 Å². The lowest BCUT2D eigenvalue weighted by atomic mass is 10.3. The molecule has 0 fully saturated rings. The van der Waals surface area contributed by atoms with Gasteiger partial charge in [-0.2, -0.15) is 0 Å². The number of hydrogen-bond acceptors (Lipinski definition) is 6. The Bertz CT molecular complexity index is 1000. The second-order valence-corrected chi connectivity index (χ2v) is 7.81. The highest BCUT2D eigenvalue weighted by Gasteiger charge is 2.15. The van der Waals surface area contributed by atoms with Crippen molar-refractivity contribution in [3.05, 3.63) is 64.9 Å². The zero-order valence-corrected chi connectivity index (χ0v) is 15.0. The molecular weight excluding hydrogens is 382 g/mol. The Kier molecular flexibility index (Phi) is 4.98. The molecule has 0 saturated heterocycles. The van der Waals surface area contributed by atoms with Gasteiger partial charge in [-0.1, -0.05) is 11.6 Å². The highest BCUT2D eigenvalue weighted by molar-refractivity contribution is 7.93. The van der Waals surface area contributed by atoms with E-state index in [2.05, 4.69) is 19.7 Å². The number of aliphatic imine (C=N–C) groups is 1. The van der Waals surface area contributed by atoms with Gasteiger partial charge in [-0.15, -0.1) is 11.3 Å². The van der Waals surface area contributed by atoms with Crippen molar-refractivity contribution in [1.82, 2.24) is 9.97 Å². The number of benzene rings is 1. The number of nitrogens with one attached hydrogen (secondary N) is 1. The van der Waals surface area contributed by atoms with E-state index in [9.17, 15) is 8.42 Å². The maximum atomic E-state index is 12.3. The molecule has 3 rings (SSSR count). The van der Waals surface area contributed by atoms with Gasteiger partial charge in [0.15, 0.2) is 5.13 Å². The SMILES string of the molecule is NC(=Nc1ccc(S(=O)(=O)Nc2nccs2)cc1)c1cc(Cl)ccn1. The Morgan fingerprint density at radius 1 is 1.16 bits per heavy atom. The molecule has 0 aliphatic carbocycles. The second-order valence-electron chi connectivity index (χ2n) is 4.79. The Hall–Kier alpha value is -2.49. The highest BCUT2D eigenvalue weighted by Crippen LogP contribution is 2.21. The van der Waals surface area contributed by atoms with Crippen LogP contribution in [0.15, 0.2) is 64.1 Å². The van der Waals surface area contributed by atoms with Gasteiger partial charge < -0.3 is 5.73 Å². The quantitative estimate of drug-likeness (QED) is 0.511. The summed E-state index contributed by atoms with van der Waals surface area (Å²) in [5.41, 5.74) is 6.83. The fourth-order valence-electron chi connectivity index (χ4n) is 1.89. The summed E-state index contributed by atoms with van der Waals surface area (Å²) >= 11 is 7.09. The molecule has 2 aromatic heterocycles. The average molecular weight is 394 g/mol. The van der Waals surface area contributed by atoms with Crippen LogP contribution in [0.4, 0.5) is 10.8 Å². The van der Waals surface area contributed by atoms with E-state index in [1.807, 2.05) is 0 Å². The molecule has 0 aliphatic heterocycles. The standard InChI is InChI=1S/C15H12ClN5O2S2/c16-10-5-6-18-13(9-10)14(17)20-11-1-3-12(4-2-11)25(22,23)21-15-19-7-8-24-15/h1-9H,(H2,17,20)(H,19,21). The molecule has 0 amide bonds. The molecule has 25 heavy (non-hydrogen) atoms. The van der Waals surface area contributed by atoms with Crippen LogP contribution < -0.4 is 10.5 Å². The summed E-state index contributed by atoms with van der Waals surface area (Å²) in [5, 5.41) is 2.48. The smallest absolute Gasteiger partial charge is 0.263 e. The molecule has 0 unspecified atom stereocenters. The summed E-state index contributed by atoms with van der Waals surface area (Å²) < 4.78 is 26.9. The zero-order chi connectivity index (χ0) is 17.9. The van der Waals surface area contributed by atoms with Gasteiger partial charge in [-0.3, -0.25) is 9.71 Å². The third kappa shape index (κ3) is 4.32. The number of nitrogens with zero attached hydrogens (tertiary/aromatic N) is 3. The van der Waals surface area contributed by atoms with Crippen LogP contribution in [0.1, 0.15) is 5.69 Å². The topological polar surface area (TPSA) is 110 Å². The van der Waals surface area contributed by atoms with Gasteiger partial charge in [-0.25, -0.2) is 18.4 Å². The number of aromatic nitrogens is 2. The number of hydrogen-bond donors (Lipinski definition) is 2. The minimum Gasteiger partial charge on any atom is -0.382 e. The molecular formula is C15H12ClN5O2S2. The van der Waals surface area contributed by atoms with Crippen molar-refractivity contribution >= 4 is 49.6 Å². The van der Waals surface area contributed by atoms with Crippen LogP contribution in [0.3, 0.4) is 0 Å². The number of amidine groups is 1. The summed E-state index contributed by atoms with van der Waals surface area (Å²) in [6.45, 7) is 0. The first kappa shape index (κ1) is 17.3. The molecule has 0 spiro atoms. The first-order chi connectivity index (χ1) is 11.9. The molecule has 0 atom stereocenters. The molecule has 7 nitrogen and oxygen atoms in total. The van der Waals surface area contributed by atoms with Crippen molar-refractivity contribution in [2.24, 2.45) is 10.7 Å². The molecule has 0 aliphatic rings. The molecule has 0 bridgehead atoms. The Morgan fingerprint density at radius 3 is 2.56 bits per heavy atom. The van der Waals surface area contributed by atoms with E-state index in [1.54, 1.807) is 29.6 Å². The van der Waals surface area contributed by atoms with Crippen LogP contribution in [-0.2, 0) is 10.0 Å². The van der Waals surface area contributed by atoms with Crippen molar-refractivity contribution in [2.45, 2.75) is 4.90 Å². The lowest BCUT2D eigenvalue weighted by Crippen LogP contribution is -2.14. The van der Waals surface area contributed by atoms with Gasteiger partial charge in [-0.05, 0) is 36.4 Å². The summed E-state index contributed by atoms with van der Waals surface area (Å²) in [6.07, 6.45) is 3.05. The van der Waals surface area contributed by atoms with Gasteiger partial charge in [0.25, 0.3) is 10.0 Å². The Morgan fingerprint density at radius 2 is 1.92 bits per heavy atom. The zero-order valence-electron chi connectivity index (χ0n) is 12.6. The number of pyridine rings is 1. The van der Waals surface area contributed by atoms with Crippen molar-refractivity contribution < 1.29 is 8.42 Å². The van der Waals surface area contributed by atoms with Crippen LogP contribution >= 0.6 is 22.9 Å². The number of rotatable bonds is 5. The molecule has 0 saturated carbocycles. The Labute approximate surface area is 153 Å². The molecule has 0 radical (unpaired) electrons. The summed E-state index contributed by atoms with van der Waals surface area (Å²) in [4.78, 5) is 12.3. The van der Waals surface area contributed by atoms with E-state index in [4.69, 9.17) is 17.3 Å². The summed E-state index contributed by atoms with van der Waals surface area (Å²) in [6, 6.07) is 9.20. The fraction of sp³-hybridized carbons (Fsp3) is 0.